The Hall–Kier alpha value is -3.78. The maximum Gasteiger partial charge on any atom is 0.242 e. The topological polar surface area (TPSA) is 71.3 Å². The lowest BCUT2D eigenvalue weighted by molar-refractivity contribution is -0.122. The predicted octanol–water partition coefficient (Wildman–Crippen LogP) is 4.40. The maximum absolute atomic E-state index is 12.9. The molecule has 0 saturated heterocycles. The molecule has 0 spiro atoms. The molecule has 2 heterocycles. The van der Waals surface area contributed by atoms with Gasteiger partial charge in [0, 0.05) is 23.3 Å². The average Bonchev–Trinajstić information content (AvgIpc) is 2.97. The molecule has 2 aliphatic rings. The average molecular weight is 396 g/mol. The fraction of sp³-hybridized carbons (Fsp3) is 0.200. The summed E-state index contributed by atoms with van der Waals surface area (Å²) in [5, 5.41) is 14.9. The van der Waals surface area contributed by atoms with Crippen LogP contribution in [0.25, 0.3) is 16.5 Å². The normalized spacial score (nSPS) is 20.3. The van der Waals surface area contributed by atoms with Crippen LogP contribution < -0.4 is 14.8 Å². The highest BCUT2D eigenvalue weighted by atomic mass is 16.5. The molecule has 0 saturated carbocycles. The van der Waals surface area contributed by atoms with Gasteiger partial charge in [-0.05, 0) is 34.7 Å². The quantitative estimate of drug-likeness (QED) is 0.697. The Morgan fingerprint density at radius 2 is 1.90 bits per heavy atom. The molecule has 2 aliphatic heterocycles. The Morgan fingerprint density at radius 1 is 1.10 bits per heavy atom. The molecular weight excluding hydrogens is 376 g/mol. The molecule has 3 aromatic rings. The summed E-state index contributed by atoms with van der Waals surface area (Å²) in [4.78, 5) is 12.9. The van der Waals surface area contributed by atoms with Gasteiger partial charge in [0.05, 0.1) is 25.5 Å². The minimum atomic E-state index is -0.792. The lowest BCUT2D eigenvalue weighted by Crippen LogP contribution is -2.39. The SMILES string of the molecule is COc1ccc(C2C3=C(NC(=O)C2C#N)c2ccc4ccccc4c2OCC3)cc1. The molecule has 5 heteroatoms. The van der Waals surface area contributed by atoms with Gasteiger partial charge in [0.15, 0.2) is 0 Å². The van der Waals surface area contributed by atoms with Crippen molar-refractivity contribution in [3.05, 3.63) is 77.4 Å². The van der Waals surface area contributed by atoms with Gasteiger partial charge in [-0.1, -0.05) is 42.5 Å². The number of benzene rings is 3. The smallest absolute Gasteiger partial charge is 0.242 e. The molecule has 3 aromatic carbocycles. The third-order valence-corrected chi connectivity index (χ3v) is 5.94. The number of rotatable bonds is 2. The zero-order valence-corrected chi connectivity index (χ0v) is 16.5. The fourth-order valence-corrected chi connectivity index (χ4v) is 4.51. The summed E-state index contributed by atoms with van der Waals surface area (Å²) in [6, 6.07) is 21.9. The molecule has 5 nitrogen and oxygen atoms in total. The number of hydrogen-bond acceptors (Lipinski definition) is 4. The van der Waals surface area contributed by atoms with Crippen molar-refractivity contribution in [1.82, 2.24) is 5.32 Å². The summed E-state index contributed by atoms with van der Waals surface area (Å²) in [6.07, 6.45) is 0.632. The number of carbonyl (C=O) groups excluding carboxylic acids is 1. The van der Waals surface area contributed by atoms with Crippen LogP contribution in [0.15, 0.2) is 66.2 Å². The van der Waals surface area contributed by atoms with Crippen LogP contribution in [-0.2, 0) is 4.79 Å². The van der Waals surface area contributed by atoms with E-state index in [1.807, 2.05) is 60.7 Å². The Kier molecular flexibility index (Phi) is 4.40. The van der Waals surface area contributed by atoms with Crippen molar-refractivity contribution in [3.63, 3.8) is 0 Å². The molecule has 148 valence electrons. The summed E-state index contributed by atoms with van der Waals surface area (Å²) >= 11 is 0. The number of methoxy groups -OCH3 is 1. The minimum Gasteiger partial charge on any atom is -0.497 e. The van der Waals surface area contributed by atoms with E-state index >= 15 is 0 Å². The first-order valence-electron chi connectivity index (χ1n) is 9.93. The predicted molar refractivity (Wildman–Crippen MR) is 114 cm³/mol. The van der Waals surface area contributed by atoms with Gasteiger partial charge < -0.3 is 14.8 Å². The maximum atomic E-state index is 12.9. The van der Waals surface area contributed by atoms with Crippen LogP contribution in [0.1, 0.15) is 23.5 Å². The minimum absolute atomic E-state index is 0.280. The van der Waals surface area contributed by atoms with Crippen molar-refractivity contribution < 1.29 is 14.3 Å². The number of ether oxygens (including phenoxy) is 2. The molecule has 0 bridgehead atoms. The molecule has 2 atom stereocenters. The summed E-state index contributed by atoms with van der Waals surface area (Å²) in [7, 11) is 1.62. The number of nitriles is 1. The van der Waals surface area contributed by atoms with E-state index in [0.717, 1.165) is 44.7 Å². The van der Waals surface area contributed by atoms with E-state index in [2.05, 4.69) is 11.4 Å². The van der Waals surface area contributed by atoms with E-state index in [4.69, 9.17) is 9.47 Å². The third kappa shape index (κ3) is 2.81. The van der Waals surface area contributed by atoms with E-state index in [0.29, 0.717) is 13.0 Å². The summed E-state index contributed by atoms with van der Waals surface area (Å²) < 4.78 is 11.5. The first-order chi connectivity index (χ1) is 14.7. The summed E-state index contributed by atoms with van der Waals surface area (Å²) in [5.41, 5.74) is 3.59. The number of nitrogens with zero attached hydrogens (tertiary/aromatic N) is 1. The van der Waals surface area contributed by atoms with Gasteiger partial charge in [0.1, 0.15) is 17.4 Å². The van der Waals surface area contributed by atoms with E-state index in [-0.39, 0.29) is 11.8 Å². The van der Waals surface area contributed by atoms with Crippen LogP contribution >= 0.6 is 0 Å². The van der Waals surface area contributed by atoms with Gasteiger partial charge in [0.2, 0.25) is 5.91 Å². The standard InChI is InChI=1S/C25H20N2O3/c1-29-17-9-6-16(7-10-17)22-19-12-13-30-24-18-5-3-2-4-15(18)8-11-20(24)23(19)27-25(28)21(22)14-26/h2-11,21-22H,12-13H2,1H3,(H,27,28). The van der Waals surface area contributed by atoms with Gasteiger partial charge in [-0.25, -0.2) is 0 Å². The number of carbonyl (C=O) groups is 1. The molecule has 2 unspecified atom stereocenters. The van der Waals surface area contributed by atoms with Crippen LogP contribution in [0.3, 0.4) is 0 Å². The fourth-order valence-electron chi connectivity index (χ4n) is 4.51. The van der Waals surface area contributed by atoms with Crippen LogP contribution in [0.5, 0.6) is 11.5 Å². The first kappa shape index (κ1) is 18.3. The van der Waals surface area contributed by atoms with Crippen molar-refractivity contribution in [3.8, 4) is 17.6 Å². The van der Waals surface area contributed by atoms with Crippen LogP contribution in [0.4, 0.5) is 0 Å². The van der Waals surface area contributed by atoms with Gasteiger partial charge >= 0.3 is 0 Å². The van der Waals surface area contributed by atoms with E-state index in [1.165, 1.54) is 0 Å². The summed E-state index contributed by atoms with van der Waals surface area (Å²) in [6.45, 7) is 0.487. The zero-order chi connectivity index (χ0) is 20.7. The Balaban J connectivity index is 1.72. The largest absolute Gasteiger partial charge is 0.497 e. The van der Waals surface area contributed by atoms with Gasteiger partial charge in [-0.15, -0.1) is 0 Å². The molecule has 0 radical (unpaired) electrons. The highest BCUT2D eigenvalue weighted by molar-refractivity contribution is 6.00. The molecule has 0 aromatic heterocycles. The van der Waals surface area contributed by atoms with Crippen molar-refractivity contribution >= 4 is 22.4 Å². The lowest BCUT2D eigenvalue weighted by atomic mass is 9.75. The van der Waals surface area contributed by atoms with Crippen molar-refractivity contribution in [2.75, 3.05) is 13.7 Å². The monoisotopic (exact) mass is 396 g/mol. The second-order valence-corrected chi connectivity index (χ2v) is 7.51. The highest BCUT2D eigenvalue weighted by Crippen LogP contribution is 2.46. The van der Waals surface area contributed by atoms with Gasteiger partial charge in [0.25, 0.3) is 0 Å². The van der Waals surface area contributed by atoms with Crippen molar-refractivity contribution in [1.29, 1.82) is 5.26 Å². The Morgan fingerprint density at radius 3 is 2.67 bits per heavy atom. The number of hydrogen-bond donors (Lipinski definition) is 1. The number of fused-ring (bicyclic) bond motifs is 4. The molecule has 1 N–H and O–H groups in total. The molecule has 5 rings (SSSR count). The second-order valence-electron chi connectivity index (χ2n) is 7.51. The molecule has 30 heavy (non-hydrogen) atoms. The Labute approximate surface area is 174 Å². The van der Waals surface area contributed by atoms with E-state index in [1.54, 1.807) is 7.11 Å². The third-order valence-electron chi connectivity index (χ3n) is 5.94. The van der Waals surface area contributed by atoms with Crippen molar-refractivity contribution in [2.24, 2.45) is 5.92 Å². The number of amides is 1. The van der Waals surface area contributed by atoms with Crippen LogP contribution in [0, 0.1) is 17.2 Å². The molecular formula is C25H20N2O3. The second kappa shape index (κ2) is 7.23. The highest BCUT2D eigenvalue weighted by Gasteiger charge is 2.40. The zero-order valence-electron chi connectivity index (χ0n) is 16.5. The van der Waals surface area contributed by atoms with Crippen LogP contribution in [-0.4, -0.2) is 19.6 Å². The Bertz CT molecular complexity index is 1220. The molecule has 0 aliphatic carbocycles. The first-order valence-corrected chi connectivity index (χ1v) is 9.93. The molecule has 1 amide bonds. The van der Waals surface area contributed by atoms with Crippen LogP contribution in [0.2, 0.25) is 0 Å². The van der Waals surface area contributed by atoms with Gasteiger partial charge in [-0.3, -0.25) is 4.79 Å². The van der Waals surface area contributed by atoms with E-state index < -0.39 is 5.92 Å². The van der Waals surface area contributed by atoms with Gasteiger partial charge in [-0.2, -0.15) is 5.26 Å². The number of nitrogens with one attached hydrogen (secondary N) is 1. The summed E-state index contributed by atoms with van der Waals surface area (Å²) in [5.74, 6) is 0.118. The lowest BCUT2D eigenvalue weighted by Gasteiger charge is -2.32. The molecule has 0 fully saturated rings. The van der Waals surface area contributed by atoms with Crippen molar-refractivity contribution in [2.45, 2.75) is 12.3 Å². The van der Waals surface area contributed by atoms with E-state index in [9.17, 15) is 10.1 Å².